The standard InChI is InChI=1S/C13H19F2N/c1-13(2,3)11(16-4)8-9-6-5-7-10(14)12(9)15/h5-7,11,16H,8H2,1-4H3. The second-order valence-electron chi connectivity index (χ2n) is 5.12. The molecule has 1 unspecified atom stereocenters. The van der Waals surface area contributed by atoms with Gasteiger partial charge < -0.3 is 5.32 Å². The van der Waals surface area contributed by atoms with Crippen molar-refractivity contribution in [3.8, 4) is 0 Å². The highest BCUT2D eigenvalue weighted by molar-refractivity contribution is 5.20. The van der Waals surface area contributed by atoms with Crippen LogP contribution in [-0.4, -0.2) is 13.1 Å². The van der Waals surface area contributed by atoms with E-state index in [2.05, 4.69) is 26.1 Å². The highest BCUT2D eigenvalue weighted by Gasteiger charge is 2.24. The van der Waals surface area contributed by atoms with Crippen LogP contribution >= 0.6 is 0 Å². The van der Waals surface area contributed by atoms with Crippen LogP contribution in [0.2, 0.25) is 0 Å². The number of likely N-dealkylation sites (N-methyl/N-ethyl adjacent to an activating group) is 1. The Kier molecular flexibility index (Phi) is 4.03. The monoisotopic (exact) mass is 227 g/mol. The van der Waals surface area contributed by atoms with E-state index >= 15 is 0 Å². The average Bonchev–Trinajstić information content (AvgIpc) is 2.18. The van der Waals surface area contributed by atoms with E-state index in [-0.39, 0.29) is 11.5 Å². The number of benzene rings is 1. The molecule has 0 saturated carbocycles. The molecule has 0 heterocycles. The summed E-state index contributed by atoms with van der Waals surface area (Å²) in [6.45, 7) is 6.22. The molecule has 1 rings (SSSR count). The Morgan fingerprint density at radius 1 is 1.25 bits per heavy atom. The van der Waals surface area contributed by atoms with Crippen LogP contribution in [0.5, 0.6) is 0 Å². The molecule has 1 N–H and O–H groups in total. The number of halogens is 2. The first kappa shape index (κ1) is 13.1. The van der Waals surface area contributed by atoms with Crippen molar-refractivity contribution in [1.29, 1.82) is 0 Å². The van der Waals surface area contributed by atoms with Crippen LogP contribution in [0.4, 0.5) is 8.78 Å². The molecule has 1 aromatic carbocycles. The van der Waals surface area contributed by atoms with E-state index < -0.39 is 11.6 Å². The van der Waals surface area contributed by atoms with Crippen molar-refractivity contribution in [2.45, 2.75) is 33.2 Å². The van der Waals surface area contributed by atoms with Gasteiger partial charge in [0.15, 0.2) is 11.6 Å². The summed E-state index contributed by atoms with van der Waals surface area (Å²) in [4.78, 5) is 0. The zero-order chi connectivity index (χ0) is 12.3. The first-order chi connectivity index (χ1) is 7.36. The summed E-state index contributed by atoms with van der Waals surface area (Å²) in [5.74, 6) is -1.51. The van der Waals surface area contributed by atoms with Gasteiger partial charge in [0.25, 0.3) is 0 Å². The summed E-state index contributed by atoms with van der Waals surface area (Å²) >= 11 is 0. The second kappa shape index (κ2) is 4.91. The van der Waals surface area contributed by atoms with Gasteiger partial charge in [0.2, 0.25) is 0 Å². The van der Waals surface area contributed by atoms with E-state index in [1.54, 1.807) is 12.1 Å². The molecule has 0 radical (unpaired) electrons. The van der Waals surface area contributed by atoms with E-state index in [0.717, 1.165) is 6.07 Å². The smallest absolute Gasteiger partial charge is 0.162 e. The van der Waals surface area contributed by atoms with E-state index in [0.29, 0.717) is 12.0 Å². The summed E-state index contributed by atoms with van der Waals surface area (Å²) in [7, 11) is 1.84. The van der Waals surface area contributed by atoms with Gasteiger partial charge in [-0.3, -0.25) is 0 Å². The SMILES string of the molecule is CNC(Cc1cccc(F)c1F)C(C)(C)C. The summed E-state index contributed by atoms with van der Waals surface area (Å²) in [5, 5.41) is 3.15. The molecule has 0 saturated heterocycles. The van der Waals surface area contributed by atoms with E-state index in [4.69, 9.17) is 0 Å². The zero-order valence-corrected chi connectivity index (χ0v) is 10.3. The number of hydrogen-bond donors (Lipinski definition) is 1. The molecule has 0 amide bonds. The Balaban J connectivity index is 2.91. The van der Waals surface area contributed by atoms with Crippen LogP contribution in [0.3, 0.4) is 0 Å². The molecule has 16 heavy (non-hydrogen) atoms. The van der Waals surface area contributed by atoms with Crippen LogP contribution in [0.15, 0.2) is 18.2 Å². The van der Waals surface area contributed by atoms with Crippen molar-refractivity contribution in [2.24, 2.45) is 5.41 Å². The lowest BCUT2D eigenvalue weighted by Gasteiger charge is -2.30. The van der Waals surface area contributed by atoms with Crippen LogP contribution in [-0.2, 0) is 6.42 Å². The number of rotatable bonds is 3. The average molecular weight is 227 g/mol. The van der Waals surface area contributed by atoms with Gasteiger partial charge in [-0.05, 0) is 30.5 Å². The van der Waals surface area contributed by atoms with Crippen molar-refractivity contribution in [3.63, 3.8) is 0 Å². The van der Waals surface area contributed by atoms with Gasteiger partial charge in [-0.25, -0.2) is 8.78 Å². The molecule has 0 bridgehead atoms. The maximum absolute atomic E-state index is 13.5. The lowest BCUT2D eigenvalue weighted by atomic mass is 9.83. The molecule has 0 aromatic heterocycles. The van der Waals surface area contributed by atoms with Crippen LogP contribution < -0.4 is 5.32 Å². The largest absolute Gasteiger partial charge is 0.316 e. The molecular weight excluding hydrogens is 208 g/mol. The Bertz CT molecular complexity index is 355. The highest BCUT2D eigenvalue weighted by Crippen LogP contribution is 2.23. The van der Waals surface area contributed by atoms with Gasteiger partial charge in [0.1, 0.15) is 0 Å². The summed E-state index contributed by atoms with van der Waals surface area (Å²) in [6.07, 6.45) is 0.490. The Labute approximate surface area is 95.9 Å². The van der Waals surface area contributed by atoms with Crippen LogP contribution in [0.25, 0.3) is 0 Å². The normalized spacial score (nSPS) is 13.9. The lowest BCUT2D eigenvalue weighted by molar-refractivity contribution is 0.277. The maximum atomic E-state index is 13.5. The van der Waals surface area contributed by atoms with Crippen molar-refractivity contribution >= 4 is 0 Å². The van der Waals surface area contributed by atoms with Gasteiger partial charge in [0.05, 0.1) is 0 Å². The third-order valence-electron chi connectivity index (χ3n) is 2.85. The predicted molar refractivity (Wildman–Crippen MR) is 62.4 cm³/mol. The van der Waals surface area contributed by atoms with Crippen molar-refractivity contribution < 1.29 is 8.78 Å². The van der Waals surface area contributed by atoms with Crippen LogP contribution in [0, 0.1) is 17.0 Å². The zero-order valence-electron chi connectivity index (χ0n) is 10.3. The second-order valence-corrected chi connectivity index (χ2v) is 5.12. The van der Waals surface area contributed by atoms with E-state index in [9.17, 15) is 8.78 Å². The Hall–Kier alpha value is -0.960. The quantitative estimate of drug-likeness (QED) is 0.836. The van der Waals surface area contributed by atoms with Crippen molar-refractivity contribution in [1.82, 2.24) is 5.32 Å². The molecule has 1 nitrogen and oxygen atoms in total. The summed E-state index contributed by atoms with van der Waals surface area (Å²) in [6, 6.07) is 4.44. The molecular formula is C13H19F2N. The Morgan fingerprint density at radius 2 is 1.88 bits per heavy atom. The topological polar surface area (TPSA) is 12.0 Å². The summed E-state index contributed by atoms with van der Waals surface area (Å²) in [5.41, 5.74) is 0.433. The van der Waals surface area contributed by atoms with Gasteiger partial charge >= 0.3 is 0 Å². The third kappa shape index (κ3) is 3.01. The van der Waals surface area contributed by atoms with Gasteiger partial charge in [-0.15, -0.1) is 0 Å². The van der Waals surface area contributed by atoms with Crippen LogP contribution in [0.1, 0.15) is 26.3 Å². The number of hydrogen-bond acceptors (Lipinski definition) is 1. The molecule has 1 atom stereocenters. The molecule has 3 heteroatoms. The fraction of sp³-hybridized carbons (Fsp3) is 0.538. The predicted octanol–water partition coefficient (Wildman–Crippen LogP) is 3.14. The third-order valence-corrected chi connectivity index (χ3v) is 2.85. The molecule has 1 aromatic rings. The molecule has 90 valence electrons. The van der Waals surface area contributed by atoms with Crippen molar-refractivity contribution in [3.05, 3.63) is 35.4 Å². The van der Waals surface area contributed by atoms with Crippen molar-refractivity contribution in [2.75, 3.05) is 7.05 Å². The molecule has 0 spiro atoms. The molecule has 0 aliphatic heterocycles. The lowest BCUT2D eigenvalue weighted by Crippen LogP contribution is -2.40. The first-order valence-electron chi connectivity index (χ1n) is 5.46. The Morgan fingerprint density at radius 3 is 2.38 bits per heavy atom. The van der Waals surface area contributed by atoms with E-state index in [1.165, 1.54) is 0 Å². The van der Waals surface area contributed by atoms with Gasteiger partial charge in [0, 0.05) is 6.04 Å². The minimum Gasteiger partial charge on any atom is -0.316 e. The first-order valence-corrected chi connectivity index (χ1v) is 5.46. The highest BCUT2D eigenvalue weighted by atomic mass is 19.2. The van der Waals surface area contributed by atoms with Gasteiger partial charge in [-0.2, -0.15) is 0 Å². The fourth-order valence-corrected chi connectivity index (χ4v) is 1.77. The molecule has 0 aliphatic rings. The summed E-state index contributed by atoms with van der Waals surface area (Å²) < 4.78 is 26.5. The molecule has 0 fully saturated rings. The number of nitrogens with one attached hydrogen (secondary N) is 1. The maximum Gasteiger partial charge on any atom is 0.162 e. The minimum atomic E-state index is -0.777. The van der Waals surface area contributed by atoms with Gasteiger partial charge in [-0.1, -0.05) is 32.9 Å². The fourth-order valence-electron chi connectivity index (χ4n) is 1.77. The van der Waals surface area contributed by atoms with E-state index in [1.807, 2.05) is 7.05 Å². The minimum absolute atomic E-state index is 0.00745. The molecule has 0 aliphatic carbocycles.